The van der Waals surface area contributed by atoms with Crippen LogP contribution in [0.2, 0.25) is 0 Å². The van der Waals surface area contributed by atoms with Crippen LogP contribution in [-0.2, 0) is 5.41 Å². The van der Waals surface area contributed by atoms with Crippen LogP contribution in [0.4, 0.5) is 5.69 Å². The van der Waals surface area contributed by atoms with E-state index in [0.717, 1.165) is 22.4 Å². The maximum absolute atomic E-state index is 12.9. The number of hydrogen-bond donors (Lipinski definition) is 1. The molecule has 0 unspecified atom stereocenters. The van der Waals surface area contributed by atoms with Crippen molar-refractivity contribution in [2.24, 2.45) is 0 Å². The summed E-state index contributed by atoms with van der Waals surface area (Å²) in [6, 6.07) is 15.0. The maximum Gasteiger partial charge on any atom is 0.255 e. The van der Waals surface area contributed by atoms with Gasteiger partial charge in [0.25, 0.3) is 5.91 Å². The van der Waals surface area contributed by atoms with Crippen LogP contribution in [0, 0.1) is 18.3 Å². The monoisotopic (exact) mass is 423 g/mol. The van der Waals surface area contributed by atoms with E-state index in [0.29, 0.717) is 16.9 Å². The highest BCUT2D eigenvalue weighted by Crippen LogP contribution is 2.24. The summed E-state index contributed by atoms with van der Waals surface area (Å²) in [6.07, 6.45) is 6.60. The molecule has 4 aromatic rings. The molecule has 2 heterocycles. The molecule has 0 radical (unpaired) electrons. The van der Waals surface area contributed by atoms with Gasteiger partial charge in [-0.3, -0.25) is 4.79 Å². The van der Waals surface area contributed by atoms with E-state index in [1.165, 1.54) is 6.33 Å². The Bertz CT molecular complexity index is 1320. The van der Waals surface area contributed by atoms with Crippen LogP contribution in [0.5, 0.6) is 0 Å². The molecule has 0 aliphatic carbocycles. The summed E-state index contributed by atoms with van der Waals surface area (Å²) >= 11 is 0. The molecule has 0 aliphatic rings. The standard InChI is InChI=1S/C24H21N7O/c1-16-7-8-20(28-23(32)17-5-4-6-19(9-17)24(2,3)14-25)10-22(16)31-13-21(29-30-31)18-11-26-15-27-12-18/h4-13,15H,1-3H3,(H,28,32). The van der Waals surface area contributed by atoms with Crippen molar-refractivity contribution in [2.75, 3.05) is 5.32 Å². The molecule has 0 spiro atoms. The largest absolute Gasteiger partial charge is 0.322 e. The SMILES string of the molecule is Cc1ccc(NC(=O)c2cccc(C(C)(C)C#N)c2)cc1-n1cc(-c2cncnc2)nn1. The molecular weight excluding hydrogens is 402 g/mol. The lowest BCUT2D eigenvalue weighted by molar-refractivity contribution is 0.102. The summed E-state index contributed by atoms with van der Waals surface area (Å²) in [4.78, 5) is 20.9. The first-order chi connectivity index (χ1) is 15.4. The number of benzene rings is 2. The number of nitrogens with zero attached hydrogens (tertiary/aromatic N) is 6. The number of carbonyl (C=O) groups is 1. The Labute approximate surface area is 185 Å². The summed E-state index contributed by atoms with van der Waals surface area (Å²) in [7, 11) is 0. The van der Waals surface area contributed by atoms with Crippen molar-refractivity contribution in [3.63, 3.8) is 0 Å². The fraction of sp³-hybridized carbons (Fsp3) is 0.167. The van der Waals surface area contributed by atoms with E-state index in [1.54, 1.807) is 41.5 Å². The zero-order valence-corrected chi connectivity index (χ0v) is 17.9. The van der Waals surface area contributed by atoms with Crippen LogP contribution >= 0.6 is 0 Å². The van der Waals surface area contributed by atoms with Crippen molar-refractivity contribution in [1.29, 1.82) is 5.26 Å². The first-order valence-corrected chi connectivity index (χ1v) is 9.99. The molecule has 32 heavy (non-hydrogen) atoms. The average molecular weight is 423 g/mol. The number of aromatic nitrogens is 5. The van der Waals surface area contributed by atoms with Crippen LogP contribution in [0.1, 0.15) is 35.3 Å². The third-order valence-corrected chi connectivity index (χ3v) is 5.19. The second-order valence-electron chi connectivity index (χ2n) is 7.95. The quantitative estimate of drug-likeness (QED) is 0.518. The van der Waals surface area contributed by atoms with Gasteiger partial charge in [0.2, 0.25) is 0 Å². The molecule has 8 heteroatoms. The fourth-order valence-corrected chi connectivity index (χ4v) is 3.20. The van der Waals surface area contributed by atoms with Crippen LogP contribution in [0.15, 0.2) is 67.4 Å². The smallest absolute Gasteiger partial charge is 0.255 e. The Morgan fingerprint density at radius 2 is 1.91 bits per heavy atom. The van der Waals surface area contributed by atoms with Gasteiger partial charge in [0.1, 0.15) is 12.0 Å². The van der Waals surface area contributed by atoms with Gasteiger partial charge in [0.15, 0.2) is 0 Å². The normalized spacial score (nSPS) is 11.1. The molecule has 1 amide bonds. The lowest BCUT2D eigenvalue weighted by atomic mass is 9.85. The molecule has 0 atom stereocenters. The molecule has 0 fully saturated rings. The van der Waals surface area contributed by atoms with Gasteiger partial charge in [0.05, 0.1) is 23.4 Å². The molecule has 0 saturated heterocycles. The Morgan fingerprint density at radius 3 is 2.66 bits per heavy atom. The average Bonchev–Trinajstić information content (AvgIpc) is 3.31. The number of nitriles is 1. The number of nitrogens with one attached hydrogen (secondary N) is 1. The van der Waals surface area contributed by atoms with E-state index in [-0.39, 0.29) is 5.91 Å². The van der Waals surface area contributed by atoms with Crippen LogP contribution in [0.3, 0.4) is 0 Å². The number of carbonyl (C=O) groups excluding carboxylic acids is 1. The summed E-state index contributed by atoms with van der Waals surface area (Å²) in [6.45, 7) is 5.61. The summed E-state index contributed by atoms with van der Waals surface area (Å²) in [5, 5.41) is 20.7. The number of rotatable bonds is 5. The molecule has 2 aromatic carbocycles. The second-order valence-corrected chi connectivity index (χ2v) is 7.95. The predicted molar refractivity (Wildman–Crippen MR) is 120 cm³/mol. The molecule has 4 rings (SSSR count). The summed E-state index contributed by atoms with van der Waals surface area (Å²) < 4.78 is 1.66. The van der Waals surface area contributed by atoms with E-state index in [9.17, 15) is 10.1 Å². The summed E-state index contributed by atoms with van der Waals surface area (Å²) in [5.74, 6) is -0.254. The van der Waals surface area contributed by atoms with E-state index in [2.05, 4.69) is 31.7 Å². The number of aryl methyl sites for hydroxylation is 1. The Kier molecular flexibility index (Phi) is 5.48. The fourth-order valence-electron chi connectivity index (χ4n) is 3.20. The van der Waals surface area contributed by atoms with Crippen LogP contribution in [0.25, 0.3) is 16.9 Å². The van der Waals surface area contributed by atoms with E-state index in [1.807, 2.05) is 45.0 Å². The minimum absolute atomic E-state index is 0.254. The van der Waals surface area contributed by atoms with Gasteiger partial charge < -0.3 is 5.32 Å². The first-order valence-electron chi connectivity index (χ1n) is 9.99. The summed E-state index contributed by atoms with van der Waals surface area (Å²) in [5.41, 5.74) is 4.40. The first kappa shape index (κ1) is 20.9. The molecule has 158 valence electrons. The second kappa shape index (κ2) is 8.40. The number of anilines is 1. The Balaban J connectivity index is 1.59. The van der Waals surface area contributed by atoms with Gasteiger partial charge in [0, 0.05) is 29.2 Å². The highest BCUT2D eigenvalue weighted by atomic mass is 16.1. The molecule has 0 aliphatic heterocycles. The maximum atomic E-state index is 12.9. The van der Waals surface area contributed by atoms with Gasteiger partial charge in [-0.1, -0.05) is 23.4 Å². The topological polar surface area (TPSA) is 109 Å². The number of amides is 1. The van der Waals surface area contributed by atoms with Crippen molar-refractivity contribution in [1.82, 2.24) is 25.0 Å². The van der Waals surface area contributed by atoms with Crippen LogP contribution < -0.4 is 5.32 Å². The molecule has 2 aromatic heterocycles. The van der Waals surface area contributed by atoms with Crippen molar-refractivity contribution < 1.29 is 4.79 Å². The van der Waals surface area contributed by atoms with Gasteiger partial charge in [-0.2, -0.15) is 5.26 Å². The van der Waals surface area contributed by atoms with Gasteiger partial charge >= 0.3 is 0 Å². The Hall–Kier alpha value is -4.38. The van der Waals surface area contributed by atoms with Crippen molar-refractivity contribution in [3.8, 4) is 23.0 Å². The van der Waals surface area contributed by atoms with Gasteiger partial charge in [-0.25, -0.2) is 14.6 Å². The third kappa shape index (κ3) is 4.23. The van der Waals surface area contributed by atoms with E-state index >= 15 is 0 Å². The third-order valence-electron chi connectivity index (χ3n) is 5.19. The Morgan fingerprint density at radius 1 is 1.12 bits per heavy atom. The molecule has 1 N–H and O–H groups in total. The van der Waals surface area contributed by atoms with Crippen molar-refractivity contribution in [3.05, 3.63) is 84.1 Å². The van der Waals surface area contributed by atoms with Crippen molar-refractivity contribution >= 4 is 11.6 Å². The van der Waals surface area contributed by atoms with Crippen LogP contribution in [-0.4, -0.2) is 30.9 Å². The van der Waals surface area contributed by atoms with Gasteiger partial charge in [-0.15, -0.1) is 5.10 Å². The minimum atomic E-state index is -0.679. The van der Waals surface area contributed by atoms with E-state index in [4.69, 9.17) is 0 Å². The molecule has 8 nitrogen and oxygen atoms in total. The van der Waals surface area contributed by atoms with Gasteiger partial charge in [-0.05, 0) is 56.2 Å². The molecular formula is C24H21N7O. The highest BCUT2D eigenvalue weighted by molar-refractivity contribution is 6.04. The van der Waals surface area contributed by atoms with E-state index < -0.39 is 5.41 Å². The lowest BCUT2D eigenvalue weighted by Gasteiger charge is -2.16. The zero-order valence-electron chi connectivity index (χ0n) is 17.9. The minimum Gasteiger partial charge on any atom is -0.322 e. The zero-order chi connectivity index (χ0) is 22.7. The molecule has 0 saturated carbocycles. The molecule has 0 bridgehead atoms. The van der Waals surface area contributed by atoms with Crippen molar-refractivity contribution in [2.45, 2.75) is 26.2 Å². The lowest BCUT2D eigenvalue weighted by Crippen LogP contribution is -2.17. The highest BCUT2D eigenvalue weighted by Gasteiger charge is 2.21. The predicted octanol–water partition coefficient (Wildman–Crippen LogP) is 4.09. The number of hydrogen-bond acceptors (Lipinski definition) is 6.